The van der Waals surface area contributed by atoms with Crippen molar-refractivity contribution in [2.24, 2.45) is 0 Å². The van der Waals surface area contributed by atoms with Crippen LogP contribution in [0.1, 0.15) is 29.4 Å². The molecule has 6 nitrogen and oxygen atoms in total. The Balaban J connectivity index is 1.42. The van der Waals surface area contributed by atoms with E-state index in [0.29, 0.717) is 17.4 Å². The fourth-order valence-electron chi connectivity index (χ4n) is 3.52. The fraction of sp³-hybridized carbons (Fsp3) is 0.160. The predicted molar refractivity (Wildman–Crippen MR) is 130 cm³/mol. The molecule has 0 spiro atoms. The van der Waals surface area contributed by atoms with Crippen LogP contribution in [0, 0.1) is 19.7 Å². The molecule has 0 radical (unpaired) electrons. The van der Waals surface area contributed by atoms with E-state index < -0.39 is 5.82 Å². The number of nitrogens with one attached hydrogen (secondary N) is 2. The lowest BCUT2D eigenvalue weighted by atomic mass is 10.1. The molecule has 0 atom stereocenters. The Morgan fingerprint density at radius 1 is 1.21 bits per heavy atom. The normalized spacial score (nSPS) is 11.3. The fourth-order valence-corrected chi connectivity index (χ4v) is 4.37. The maximum absolute atomic E-state index is 14.2. The van der Waals surface area contributed by atoms with Crippen LogP contribution in [0.3, 0.4) is 0 Å². The average Bonchev–Trinajstić information content (AvgIpc) is 3.36. The smallest absolute Gasteiger partial charge is 0.244 e. The molecule has 0 unspecified atom stereocenters. The number of hydrogen-bond donors (Lipinski definition) is 2. The van der Waals surface area contributed by atoms with Crippen molar-refractivity contribution in [3.63, 3.8) is 0 Å². The third-order valence-corrected chi connectivity index (χ3v) is 6.20. The first-order valence-corrected chi connectivity index (χ1v) is 11.3. The van der Waals surface area contributed by atoms with Crippen LogP contribution >= 0.6 is 11.3 Å². The molecular formula is C25H23FN4O2S. The van der Waals surface area contributed by atoms with E-state index in [1.165, 1.54) is 46.9 Å². The van der Waals surface area contributed by atoms with Crippen molar-refractivity contribution in [1.82, 2.24) is 15.3 Å². The quantitative estimate of drug-likeness (QED) is 0.377. The highest BCUT2D eigenvalue weighted by Gasteiger charge is 2.20. The van der Waals surface area contributed by atoms with Gasteiger partial charge in [0, 0.05) is 41.5 Å². The minimum atomic E-state index is -0.512. The van der Waals surface area contributed by atoms with Gasteiger partial charge in [-0.3, -0.25) is 14.5 Å². The minimum Gasteiger partial charge on any atom is -0.358 e. The summed E-state index contributed by atoms with van der Waals surface area (Å²) in [6.07, 6.45) is 2.96. The second kappa shape index (κ2) is 9.38. The molecule has 0 aliphatic rings. The summed E-state index contributed by atoms with van der Waals surface area (Å²) in [6, 6.07) is 12.1. The number of carbonyl (C=O) groups excluding carboxylic acids is 2. The first kappa shape index (κ1) is 22.4. The number of nitrogens with zero attached hydrogens (tertiary/aromatic N) is 2. The van der Waals surface area contributed by atoms with Gasteiger partial charge >= 0.3 is 0 Å². The Morgan fingerprint density at radius 2 is 2.00 bits per heavy atom. The Morgan fingerprint density at radius 3 is 2.76 bits per heavy atom. The van der Waals surface area contributed by atoms with Gasteiger partial charge in [0.15, 0.2) is 5.13 Å². The molecule has 0 aliphatic heterocycles. The zero-order valence-corrected chi connectivity index (χ0v) is 19.3. The van der Waals surface area contributed by atoms with Gasteiger partial charge in [-0.05, 0) is 55.3 Å². The van der Waals surface area contributed by atoms with Crippen LogP contribution in [0.25, 0.3) is 17.0 Å². The summed E-state index contributed by atoms with van der Waals surface area (Å²) in [5, 5.41) is 6.06. The maximum Gasteiger partial charge on any atom is 0.244 e. The largest absolute Gasteiger partial charge is 0.358 e. The van der Waals surface area contributed by atoms with Crippen LogP contribution in [0.2, 0.25) is 0 Å². The van der Waals surface area contributed by atoms with Crippen LogP contribution in [-0.2, 0) is 16.1 Å². The molecule has 0 bridgehead atoms. The zero-order valence-electron chi connectivity index (χ0n) is 18.5. The minimum absolute atomic E-state index is 0.137. The van der Waals surface area contributed by atoms with Crippen LogP contribution < -0.4 is 10.2 Å². The molecule has 2 aromatic heterocycles. The van der Waals surface area contributed by atoms with E-state index >= 15 is 0 Å². The van der Waals surface area contributed by atoms with E-state index in [2.05, 4.69) is 28.3 Å². The number of carbonyl (C=O) groups is 2. The molecule has 0 fully saturated rings. The monoisotopic (exact) mass is 462 g/mol. The lowest BCUT2D eigenvalue weighted by Crippen LogP contribution is -2.23. The Bertz CT molecular complexity index is 1370. The van der Waals surface area contributed by atoms with Crippen molar-refractivity contribution in [2.45, 2.75) is 27.3 Å². The highest BCUT2D eigenvalue weighted by molar-refractivity contribution is 7.14. The second-order valence-electron chi connectivity index (χ2n) is 7.67. The summed E-state index contributed by atoms with van der Waals surface area (Å²) in [7, 11) is 0. The topological polar surface area (TPSA) is 78.1 Å². The van der Waals surface area contributed by atoms with Crippen LogP contribution in [0.4, 0.5) is 15.2 Å². The van der Waals surface area contributed by atoms with Crippen molar-refractivity contribution in [2.75, 3.05) is 4.90 Å². The van der Waals surface area contributed by atoms with Gasteiger partial charge in [-0.2, -0.15) is 0 Å². The number of aromatic nitrogens is 2. The summed E-state index contributed by atoms with van der Waals surface area (Å²) in [6.45, 7) is 5.86. The number of benzene rings is 2. The summed E-state index contributed by atoms with van der Waals surface area (Å²) in [5.74, 6) is -1.13. The summed E-state index contributed by atoms with van der Waals surface area (Å²) < 4.78 is 14.2. The molecule has 2 N–H and O–H groups in total. The Labute approximate surface area is 194 Å². The standard InChI is InChI=1S/C25H23FN4O2S/c1-15-16(2)28-22-10-8-18(12-20(15)22)13-27-24(32)11-9-19-14-33-25(29-19)30(17(3)31)23-7-5-4-6-21(23)26/h4-12,14,28H,13H2,1-3H3,(H,27,32)/b11-9+. The van der Waals surface area contributed by atoms with Crippen molar-refractivity contribution < 1.29 is 14.0 Å². The van der Waals surface area contributed by atoms with Gasteiger partial charge in [0.05, 0.1) is 11.4 Å². The molecule has 33 heavy (non-hydrogen) atoms. The third-order valence-electron chi connectivity index (χ3n) is 5.35. The number of halogens is 1. The number of rotatable bonds is 6. The first-order valence-electron chi connectivity index (χ1n) is 10.4. The molecule has 2 aromatic carbocycles. The molecule has 4 aromatic rings. The molecule has 4 rings (SSSR count). The van der Waals surface area contributed by atoms with Crippen molar-refractivity contribution >= 4 is 50.9 Å². The summed E-state index contributed by atoms with van der Waals surface area (Å²) in [5.41, 5.74) is 5.06. The highest BCUT2D eigenvalue weighted by Crippen LogP contribution is 2.31. The number of amides is 2. The molecule has 2 amide bonds. The molecule has 0 aliphatic carbocycles. The number of aromatic amines is 1. The average molecular weight is 463 g/mol. The summed E-state index contributed by atoms with van der Waals surface area (Å²) >= 11 is 1.20. The molecule has 0 saturated carbocycles. The number of fused-ring (bicyclic) bond motifs is 1. The molecule has 0 saturated heterocycles. The number of aryl methyl sites for hydroxylation is 2. The van der Waals surface area contributed by atoms with Crippen LogP contribution in [-0.4, -0.2) is 21.8 Å². The summed E-state index contributed by atoms with van der Waals surface area (Å²) in [4.78, 5) is 33.4. The third kappa shape index (κ3) is 4.85. The van der Waals surface area contributed by atoms with Crippen molar-refractivity contribution in [3.05, 3.63) is 82.3 Å². The SMILES string of the molecule is CC(=O)N(c1nc(/C=C/C(=O)NCc2ccc3[nH]c(C)c(C)c3c2)cs1)c1ccccc1F. The van der Waals surface area contributed by atoms with E-state index in [-0.39, 0.29) is 17.5 Å². The molecular weight excluding hydrogens is 439 g/mol. The van der Waals surface area contributed by atoms with E-state index in [1.54, 1.807) is 23.6 Å². The first-order chi connectivity index (χ1) is 15.8. The molecule has 2 heterocycles. The van der Waals surface area contributed by atoms with Crippen LogP contribution in [0.5, 0.6) is 0 Å². The molecule has 8 heteroatoms. The van der Waals surface area contributed by atoms with Crippen LogP contribution in [0.15, 0.2) is 53.9 Å². The lowest BCUT2D eigenvalue weighted by molar-refractivity contribution is -0.117. The number of hydrogen-bond acceptors (Lipinski definition) is 4. The maximum atomic E-state index is 14.2. The predicted octanol–water partition coefficient (Wildman–Crippen LogP) is 5.39. The van der Waals surface area contributed by atoms with Gasteiger partial charge in [0.2, 0.25) is 11.8 Å². The molecule has 168 valence electrons. The Kier molecular flexibility index (Phi) is 6.37. The number of H-pyrrole nitrogens is 1. The van der Waals surface area contributed by atoms with E-state index in [4.69, 9.17) is 0 Å². The lowest BCUT2D eigenvalue weighted by Gasteiger charge is -2.18. The number of para-hydroxylation sites is 1. The van der Waals surface area contributed by atoms with E-state index in [1.807, 2.05) is 19.1 Å². The van der Waals surface area contributed by atoms with Gasteiger partial charge in [-0.15, -0.1) is 11.3 Å². The van der Waals surface area contributed by atoms with Gasteiger partial charge in [-0.1, -0.05) is 18.2 Å². The van der Waals surface area contributed by atoms with Gasteiger partial charge in [0.1, 0.15) is 5.82 Å². The van der Waals surface area contributed by atoms with Crippen molar-refractivity contribution in [3.8, 4) is 0 Å². The van der Waals surface area contributed by atoms with Gasteiger partial charge in [-0.25, -0.2) is 9.37 Å². The van der Waals surface area contributed by atoms with Crippen molar-refractivity contribution in [1.29, 1.82) is 0 Å². The highest BCUT2D eigenvalue weighted by atomic mass is 32.1. The zero-order chi connectivity index (χ0) is 23.5. The van der Waals surface area contributed by atoms with Gasteiger partial charge in [0.25, 0.3) is 0 Å². The number of anilines is 2. The van der Waals surface area contributed by atoms with E-state index in [0.717, 1.165) is 22.2 Å². The van der Waals surface area contributed by atoms with E-state index in [9.17, 15) is 14.0 Å². The number of thiazole rings is 1. The second-order valence-corrected chi connectivity index (χ2v) is 8.50. The Hall–Kier alpha value is -3.78. The van der Waals surface area contributed by atoms with Gasteiger partial charge < -0.3 is 10.3 Å².